The molecule has 162 valence electrons. The SMILES string of the molecule is CN(C(=O)c1cc(F)c(C(F)F)c(F)c1)[C@@H]1CNCc2[nH]c(=O)c3cc(F)ccc3c21. The van der Waals surface area contributed by atoms with Crippen LogP contribution in [0.25, 0.3) is 10.8 Å². The van der Waals surface area contributed by atoms with Crippen LogP contribution in [0.15, 0.2) is 35.1 Å². The van der Waals surface area contributed by atoms with Crippen molar-refractivity contribution < 1.29 is 26.7 Å². The molecule has 5 nitrogen and oxygen atoms in total. The molecular formula is C21H16F5N3O2. The highest BCUT2D eigenvalue weighted by atomic mass is 19.3. The number of aromatic amines is 1. The van der Waals surface area contributed by atoms with Gasteiger partial charge in [0, 0.05) is 37.0 Å². The number of rotatable bonds is 3. The highest BCUT2D eigenvalue weighted by Gasteiger charge is 2.31. The maximum Gasteiger partial charge on any atom is 0.269 e. The van der Waals surface area contributed by atoms with E-state index in [0.717, 1.165) is 6.07 Å². The van der Waals surface area contributed by atoms with Crippen molar-refractivity contribution >= 4 is 16.7 Å². The largest absolute Gasteiger partial charge is 0.333 e. The van der Waals surface area contributed by atoms with Crippen LogP contribution >= 0.6 is 0 Å². The number of aromatic nitrogens is 1. The van der Waals surface area contributed by atoms with Gasteiger partial charge in [0.2, 0.25) is 0 Å². The van der Waals surface area contributed by atoms with Gasteiger partial charge in [-0.2, -0.15) is 0 Å². The second-order valence-electron chi connectivity index (χ2n) is 7.25. The maximum atomic E-state index is 14.0. The molecule has 0 unspecified atom stereocenters. The molecule has 0 bridgehead atoms. The number of halogens is 5. The van der Waals surface area contributed by atoms with E-state index in [4.69, 9.17) is 0 Å². The molecule has 2 N–H and O–H groups in total. The van der Waals surface area contributed by atoms with Gasteiger partial charge in [-0.1, -0.05) is 6.07 Å². The molecule has 1 aromatic heterocycles. The number of amides is 1. The second-order valence-corrected chi connectivity index (χ2v) is 7.25. The van der Waals surface area contributed by atoms with Gasteiger partial charge in [-0.25, -0.2) is 22.0 Å². The summed E-state index contributed by atoms with van der Waals surface area (Å²) >= 11 is 0. The summed E-state index contributed by atoms with van der Waals surface area (Å²) < 4.78 is 67.2. The molecule has 0 aliphatic carbocycles. The van der Waals surface area contributed by atoms with Crippen molar-refractivity contribution in [1.29, 1.82) is 0 Å². The highest BCUT2D eigenvalue weighted by Crippen LogP contribution is 2.33. The summed E-state index contributed by atoms with van der Waals surface area (Å²) in [5.41, 5.74) is -1.26. The lowest BCUT2D eigenvalue weighted by molar-refractivity contribution is 0.0721. The number of H-pyrrole nitrogens is 1. The monoisotopic (exact) mass is 437 g/mol. The number of hydrogen-bond donors (Lipinski definition) is 2. The minimum absolute atomic E-state index is 0.102. The van der Waals surface area contributed by atoms with Gasteiger partial charge in [0.15, 0.2) is 0 Å². The quantitative estimate of drug-likeness (QED) is 0.613. The average molecular weight is 437 g/mol. The Balaban J connectivity index is 1.79. The first kappa shape index (κ1) is 21.0. The van der Waals surface area contributed by atoms with Crippen LogP contribution in [-0.2, 0) is 6.54 Å². The van der Waals surface area contributed by atoms with E-state index in [9.17, 15) is 31.5 Å². The highest BCUT2D eigenvalue weighted by molar-refractivity contribution is 5.95. The third kappa shape index (κ3) is 3.56. The third-order valence-corrected chi connectivity index (χ3v) is 5.41. The van der Waals surface area contributed by atoms with Crippen molar-refractivity contribution in [3.05, 3.63) is 80.5 Å². The Kier molecular flexibility index (Phi) is 5.26. The van der Waals surface area contributed by atoms with Crippen LogP contribution in [-0.4, -0.2) is 29.4 Å². The number of carbonyl (C=O) groups is 1. The summed E-state index contributed by atoms with van der Waals surface area (Å²) in [6.07, 6.45) is -3.36. The molecular weight excluding hydrogens is 421 g/mol. The predicted octanol–water partition coefficient (Wildman–Crippen LogP) is 3.80. The van der Waals surface area contributed by atoms with Crippen molar-refractivity contribution in [3.8, 4) is 0 Å². The normalized spacial score (nSPS) is 15.9. The molecule has 0 radical (unpaired) electrons. The van der Waals surface area contributed by atoms with Gasteiger partial charge in [-0.05, 0) is 29.7 Å². The number of nitrogens with zero attached hydrogens (tertiary/aromatic N) is 1. The number of hydrogen-bond acceptors (Lipinski definition) is 3. The van der Waals surface area contributed by atoms with E-state index < -0.39 is 52.5 Å². The summed E-state index contributed by atoms with van der Waals surface area (Å²) in [5, 5.41) is 3.59. The average Bonchev–Trinajstić information content (AvgIpc) is 2.71. The van der Waals surface area contributed by atoms with Crippen LogP contribution in [0.5, 0.6) is 0 Å². The van der Waals surface area contributed by atoms with E-state index in [1.165, 1.54) is 24.1 Å². The lowest BCUT2D eigenvalue weighted by atomic mass is 9.93. The molecule has 4 rings (SSSR count). The van der Waals surface area contributed by atoms with Crippen LogP contribution in [0.1, 0.15) is 39.6 Å². The fraction of sp³-hybridized carbons (Fsp3) is 0.238. The number of pyridine rings is 1. The minimum atomic E-state index is -3.36. The van der Waals surface area contributed by atoms with Crippen molar-refractivity contribution in [3.63, 3.8) is 0 Å². The third-order valence-electron chi connectivity index (χ3n) is 5.41. The molecule has 1 amide bonds. The van der Waals surface area contributed by atoms with Crippen molar-refractivity contribution in [2.45, 2.75) is 19.0 Å². The predicted molar refractivity (Wildman–Crippen MR) is 102 cm³/mol. The molecule has 1 aliphatic heterocycles. The smallest absolute Gasteiger partial charge is 0.269 e. The van der Waals surface area contributed by atoms with Crippen LogP contribution in [0.2, 0.25) is 0 Å². The molecule has 2 heterocycles. The van der Waals surface area contributed by atoms with Gasteiger partial charge in [-0.15, -0.1) is 0 Å². The molecule has 0 spiro atoms. The molecule has 0 saturated carbocycles. The molecule has 31 heavy (non-hydrogen) atoms. The maximum absolute atomic E-state index is 14.0. The summed E-state index contributed by atoms with van der Waals surface area (Å²) in [4.78, 5) is 29.1. The number of nitrogens with one attached hydrogen (secondary N) is 2. The summed E-state index contributed by atoms with van der Waals surface area (Å²) in [6.45, 7) is 0.538. The van der Waals surface area contributed by atoms with Crippen LogP contribution < -0.4 is 10.9 Å². The van der Waals surface area contributed by atoms with E-state index in [0.29, 0.717) is 35.3 Å². The van der Waals surface area contributed by atoms with E-state index in [2.05, 4.69) is 10.3 Å². The zero-order valence-corrected chi connectivity index (χ0v) is 16.1. The molecule has 0 fully saturated rings. The van der Waals surface area contributed by atoms with E-state index in [-0.39, 0.29) is 11.9 Å². The molecule has 3 aromatic rings. The number of benzene rings is 2. The van der Waals surface area contributed by atoms with Crippen LogP contribution in [0.4, 0.5) is 22.0 Å². The number of fused-ring (bicyclic) bond motifs is 3. The first-order chi connectivity index (χ1) is 14.7. The zero-order valence-electron chi connectivity index (χ0n) is 16.1. The lowest BCUT2D eigenvalue weighted by Gasteiger charge is -2.34. The van der Waals surface area contributed by atoms with E-state index in [1.807, 2.05) is 0 Å². The standard InChI is InChI=1S/C21H16F5N3O2/c1-29(21(31)9-4-13(23)18(19(25)26)14(24)5-9)16-8-27-7-15-17(16)11-3-2-10(22)6-12(11)20(30)28-15/h2-6,16,19,27H,7-8H2,1H3,(H,28,30)/t16-/m1/s1. The van der Waals surface area contributed by atoms with Crippen molar-refractivity contribution in [1.82, 2.24) is 15.2 Å². The Bertz CT molecular complexity index is 1230. The van der Waals surface area contributed by atoms with Gasteiger partial charge in [0.25, 0.3) is 17.9 Å². The lowest BCUT2D eigenvalue weighted by Crippen LogP contribution is -2.42. The first-order valence-corrected chi connectivity index (χ1v) is 9.28. The van der Waals surface area contributed by atoms with Crippen LogP contribution in [0, 0.1) is 17.5 Å². The van der Waals surface area contributed by atoms with Gasteiger partial charge in [0.05, 0.1) is 17.0 Å². The molecule has 0 saturated heterocycles. The molecule has 2 aromatic carbocycles. The van der Waals surface area contributed by atoms with E-state index >= 15 is 0 Å². The first-order valence-electron chi connectivity index (χ1n) is 9.28. The van der Waals surface area contributed by atoms with Crippen molar-refractivity contribution in [2.24, 2.45) is 0 Å². The number of likely N-dealkylation sites (N-methyl/N-ethyl adjacent to an activating group) is 1. The number of carbonyl (C=O) groups excluding carboxylic acids is 1. The van der Waals surface area contributed by atoms with Gasteiger partial charge in [0.1, 0.15) is 17.5 Å². The molecule has 1 aliphatic rings. The van der Waals surface area contributed by atoms with Gasteiger partial charge in [-0.3, -0.25) is 9.59 Å². The van der Waals surface area contributed by atoms with Gasteiger partial charge >= 0.3 is 0 Å². The Hall–Kier alpha value is -3.27. The Morgan fingerprint density at radius 1 is 1.10 bits per heavy atom. The Labute approximate surface area is 172 Å². The summed E-state index contributed by atoms with van der Waals surface area (Å²) in [6, 6.07) is 4.18. The topological polar surface area (TPSA) is 65.2 Å². The molecule has 1 atom stereocenters. The minimum Gasteiger partial charge on any atom is -0.333 e. The molecule has 10 heteroatoms. The fourth-order valence-corrected chi connectivity index (χ4v) is 3.92. The van der Waals surface area contributed by atoms with E-state index in [1.54, 1.807) is 0 Å². The summed E-state index contributed by atoms with van der Waals surface area (Å²) in [7, 11) is 1.39. The van der Waals surface area contributed by atoms with Crippen molar-refractivity contribution in [2.75, 3.05) is 13.6 Å². The Morgan fingerprint density at radius 2 is 1.77 bits per heavy atom. The van der Waals surface area contributed by atoms with Gasteiger partial charge < -0.3 is 15.2 Å². The number of alkyl halides is 2. The summed E-state index contributed by atoms with van der Waals surface area (Å²) in [5.74, 6) is -4.43. The zero-order chi connectivity index (χ0) is 22.4. The Morgan fingerprint density at radius 3 is 2.42 bits per heavy atom. The van der Waals surface area contributed by atoms with Crippen LogP contribution in [0.3, 0.4) is 0 Å². The second kappa shape index (κ2) is 7.77. The fourth-order valence-electron chi connectivity index (χ4n) is 3.92.